The predicted molar refractivity (Wildman–Crippen MR) is 105 cm³/mol. The number of unbranched alkanes of at least 4 members (excludes halogenated alkanes) is 2. The number of nitrogens with one attached hydrogen (secondary N) is 1. The van der Waals surface area contributed by atoms with E-state index in [4.69, 9.17) is 0 Å². The van der Waals surface area contributed by atoms with Crippen molar-refractivity contribution in [3.63, 3.8) is 0 Å². The Morgan fingerprint density at radius 3 is 2.48 bits per heavy atom. The average Bonchev–Trinajstić information content (AvgIpc) is 3.10. The average molecular weight is 371 g/mol. The highest BCUT2D eigenvalue weighted by Gasteiger charge is 2.20. The number of carbonyl (C=O) groups is 2. The summed E-state index contributed by atoms with van der Waals surface area (Å²) < 4.78 is 6.46. The van der Waals surface area contributed by atoms with Gasteiger partial charge in [0, 0.05) is 13.0 Å². The minimum Gasteiger partial charge on any atom is -0.469 e. The molecule has 6 heteroatoms. The van der Waals surface area contributed by atoms with Gasteiger partial charge in [0.25, 0.3) is 5.91 Å². The van der Waals surface area contributed by atoms with Crippen LogP contribution in [-0.4, -0.2) is 35.3 Å². The lowest BCUT2D eigenvalue weighted by Crippen LogP contribution is -2.25. The Hall–Kier alpha value is -2.63. The van der Waals surface area contributed by atoms with E-state index in [2.05, 4.69) is 29.0 Å². The van der Waals surface area contributed by atoms with E-state index in [1.165, 1.54) is 12.7 Å². The van der Waals surface area contributed by atoms with Crippen LogP contribution in [0.4, 0.5) is 0 Å². The Labute approximate surface area is 160 Å². The number of methoxy groups -OCH3 is 1. The summed E-state index contributed by atoms with van der Waals surface area (Å²) in [6.45, 7) is 6.74. The molecule has 1 heterocycles. The molecule has 2 rings (SSSR count). The summed E-state index contributed by atoms with van der Waals surface area (Å²) in [6.07, 6.45) is 4.53. The largest absolute Gasteiger partial charge is 0.469 e. The fourth-order valence-corrected chi connectivity index (χ4v) is 2.95. The number of esters is 1. The first kappa shape index (κ1) is 20.7. The molecule has 0 radical (unpaired) electrons. The quantitative estimate of drug-likeness (QED) is 0.538. The van der Waals surface area contributed by atoms with Crippen LogP contribution < -0.4 is 5.32 Å². The molecular weight excluding hydrogens is 342 g/mol. The SMILES string of the molecule is COC(=O)CCCCCNC(=O)c1cnn(-c2ccc(C)cc2)c1C(C)C. The molecule has 0 saturated heterocycles. The van der Waals surface area contributed by atoms with Crippen molar-refractivity contribution in [2.45, 2.75) is 52.4 Å². The number of hydrogen-bond donors (Lipinski definition) is 1. The molecule has 0 unspecified atom stereocenters. The number of aryl methyl sites for hydroxylation is 1. The number of carbonyl (C=O) groups excluding carboxylic acids is 2. The molecule has 0 fully saturated rings. The maximum absolute atomic E-state index is 12.6. The van der Waals surface area contributed by atoms with Crippen molar-refractivity contribution in [2.75, 3.05) is 13.7 Å². The minimum absolute atomic E-state index is 0.106. The molecule has 2 aromatic rings. The molecule has 1 N–H and O–H groups in total. The Bertz CT molecular complexity index is 763. The second kappa shape index (κ2) is 9.90. The lowest BCUT2D eigenvalue weighted by Gasteiger charge is -2.13. The van der Waals surface area contributed by atoms with Crippen molar-refractivity contribution in [1.29, 1.82) is 0 Å². The van der Waals surface area contributed by atoms with Gasteiger partial charge in [-0.05, 0) is 37.8 Å². The molecule has 0 atom stereocenters. The molecule has 27 heavy (non-hydrogen) atoms. The lowest BCUT2D eigenvalue weighted by atomic mass is 10.0. The van der Waals surface area contributed by atoms with Crippen LogP contribution in [0.5, 0.6) is 0 Å². The van der Waals surface area contributed by atoms with Crippen molar-refractivity contribution in [1.82, 2.24) is 15.1 Å². The molecule has 6 nitrogen and oxygen atoms in total. The first-order chi connectivity index (χ1) is 12.9. The third-order valence-electron chi connectivity index (χ3n) is 4.45. The van der Waals surface area contributed by atoms with Crippen LogP contribution in [0, 0.1) is 6.92 Å². The number of rotatable bonds is 9. The number of ether oxygens (including phenoxy) is 1. The predicted octanol–water partition coefficient (Wildman–Crippen LogP) is 3.77. The van der Waals surface area contributed by atoms with E-state index < -0.39 is 0 Å². The summed E-state index contributed by atoms with van der Waals surface area (Å²) in [6, 6.07) is 8.10. The molecular formula is C21H29N3O3. The Morgan fingerprint density at radius 2 is 1.85 bits per heavy atom. The Morgan fingerprint density at radius 1 is 1.15 bits per heavy atom. The fraction of sp³-hybridized carbons (Fsp3) is 0.476. The van der Waals surface area contributed by atoms with Gasteiger partial charge in [0.2, 0.25) is 0 Å². The van der Waals surface area contributed by atoms with Gasteiger partial charge in [-0.15, -0.1) is 0 Å². The second-order valence-corrected chi connectivity index (χ2v) is 6.99. The molecule has 1 amide bonds. The maximum atomic E-state index is 12.6. The van der Waals surface area contributed by atoms with Crippen LogP contribution in [0.25, 0.3) is 5.69 Å². The zero-order valence-electron chi connectivity index (χ0n) is 16.6. The summed E-state index contributed by atoms with van der Waals surface area (Å²) in [7, 11) is 1.39. The van der Waals surface area contributed by atoms with Crippen molar-refractivity contribution in [2.24, 2.45) is 0 Å². The van der Waals surface area contributed by atoms with Crippen LogP contribution in [-0.2, 0) is 9.53 Å². The van der Waals surface area contributed by atoms with Crippen LogP contribution >= 0.6 is 0 Å². The van der Waals surface area contributed by atoms with Gasteiger partial charge < -0.3 is 10.1 Å². The molecule has 0 aliphatic carbocycles. The molecule has 0 spiro atoms. The lowest BCUT2D eigenvalue weighted by molar-refractivity contribution is -0.140. The molecule has 1 aromatic heterocycles. The number of hydrogen-bond acceptors (Lipinski definition) is 4. The van der Waals surface area contributed by atoms with Crippen LogP contribution in [0.2, 0.25) is 0 Å². The first-order valence-electron chi connectivity index (χ1n) is 9.44. The number of benzene rings is 1. The van der Waals surface area contributed by atoms with Gasteiger partial charge >= 0.3 is 5.97 Å². The highest BCUT2D eigenvalue weighted by atomic mass is 16.5. The normalized spacial score (nSPS) is 10.9. The Balaban J connectivity index is 1.98. The van der Waals surface area contributed by atoms with Gasteiger partial charge in [0.05, 0.1) is 30.3 Å². The molecule has 0 aliphatic heterocycles. The summed E-state index contributed by atoms with van der Waals surface area (Å²) in [5, 5.41) is 7.41. The summed E-state index contributed by atoms with van der Waals surface area (Å²) in [5.74, 6) is -0.135. The van der Waals surface area contributed by atoms with E-state index in [0.29, 0.717) is 18.5 Å². The molecule has 146 valence electrons. The van der Waals surface area contributed by atoms with Gasteiger partial charge in [-0.1, -0.05) is 38.0 Å². The zero-order chi connectivity index (χ0) is 19.8. The van der Waals surface area contributed by atoms with Gasteiger partial charge in [-0.25, -0.2) is 4.68 Å². The summed E-state index contributed by atoms with van der Waals surface area (Å²) in [5.41, 5.74) is 3.65. The van der Waals surface area contributed by atoms with E-state index in [-0.39, 0.29) is 17.8 Å². The van der Waals surface area contributed by atoms with E-state index in [9.17, 15) is 9.59 Å². The topological polar surface area (TPSA) is 73.2 Å². The van der Waals surface area contributed by atoms with Gasteiger partial charge in [0.15, 0.2) is 0 Å². The number of nitrogens with zero attached hydrogens (tertiary/aromatic N) is 2. The minimum atomic E-state index is -0.191. The van der Waals surface area contributed by atoms with Gasteiger partial charge in [-0.2, -0.15) is 5.10 Å². The monoisotopic (exact) mass is 371 g/mol. The smallest absolute Gasteiger partial charge is 0.305 e. The summed E-state index contributed by atoms with van der Waals surface area (Å²) in [4.78, 5) is 23.7. The van der Waals surface area contributed by atoms with Crippen LogP contribution in [0.3, 0.4) is 0 Å². The molecule has 1 aromatic carbocycles. The van der Waals surface area contributed by atoms with E-state index in [0.717, 1.165) is 30.6 Å². The molecule has 0 saturated carbocycles. The van der Waals surface area contributed by atoms with Gasteiger partial charge in [-0.3, -0.25) is 9.59 Å². The van der Waals surface area contributed by atoms with Crippen molar-refractivity contribution in [3.8, 4) is 5.69 Å². The number of aromatic nitrogens is 2. The highest BCUT2D eigenvalue weighted by Crippen LogP contribution is 2.23. The van der Waals surface area contributed by atoms with Crippen molar-refractivity contribution < 1.29 is 14.3 Å². The molecule has 0 aliphatic rings. The third kappa shape index (κ3) is 5.67. The number of amides is 1. The van der Waals surface area contributed by atoms with Crippen molar-refractivity contribution >= 4 is 11.9 Å². The molecule has 0 bridgehead atoms. The fourth-order valence-electron chi connectivity index (χ4n) is 2.95. The standard InChI is InChI=1S/C21H29N3O3/c1-15(2)20-18(14-23-24(20)17-11-9-16(3)10-12-17)21(26)22-13-7-5-6-8-19(25)27-4/h9-12,14-15H,5-8,13H2,1-4H3,(H,22,26). The first-order valence-corrected chi connectivity index (χ1v) is 9.44. The highest BCUT2D eigenvalue weighted by molar-refractivity contribution is 5.95. The third-order valence-corrected chi connectivity index (χ3v) is 4.45. The van der Waals surface area contributed by atoms with E-state index in [1.54, 1.807) is 6.20 Å². The zero-order valence-corrected chi connectivity index (χ0v) is 16.6. The summed E-state index contributed by atoms with van der Waals surface area (Å²) >= 11 is 0. The maximum Gasteiger partial charge on any atom is 0.305 e. The Kier molecular flexibility index (Phi) is 7.58. The van der Waals surface area contributed by atoms with E-state index in [1.807, 2.05) is 35.9 Å². The van der Waals surface area contributed by atoms with Crippen LogP contribution in [0.15, 0.2) is 30.5 Å². The second-order valence-electron chi connectivity index (χ2n) is 6.99. The van der Waals surface area contributed by atoms with E-state index >= 15 is 0 Å². The van der Waals surface area contributed by atoms with Crippen molar-refractivity contribution in [3.05, 3.63) is 47.3 Å². The van der Waals surface area contributed by atoms with Crippen LogP contribution in [0.1, 0.15) is 67.1 Å². The van der Waals surface area contributed by atoms with Gasteiger partial charge in [0.1, 0.15) is 0 Å².